The molecule has 0 unspecified atom stereocenters. The van der Waals surface area contributed by atoms with Crippen LogP contribution < -0.4 is 0 Å². The van der Waals surface area contributed by atoms with E-state index in [0.29, 0.717) is 0 Å². The van der Waals surface area contributed by atoms with Crippen LogP contribution in [0.15, 0.2) is 18.5 Å². The Bertz CT molecular complexity index is 445. The lowest BCUT2D eigenvalue weighted by atomic mass is 10.1. The highest BCUT2D eigenvalue weighted by atomic mass is 16.1. The Morgan fingerprint density at radius 3 is 3.15 bits per heavy atom. The van der Waals surface area contributed by atoms with Crippen molar-refractivity contribution in [3.05, 3.63) is 29.7 Å². The van der Waals surface area contributed by atoms with Gasteiger partial charge < -0.3 is 4.98 Å². The van der Waals surface area contributed by atoms with Gasteiger partial charge in [0.25, 0.3) is 0 Å². The normalized spacial score (nSPS) is 10.5. The molecule has 0 fully saturated rings. The van der Waals surface area contributed by atoms with E-state index in [1.165, 1.54) is 0 Å². The van der Waals surface area contributed by atoms with E-state index in [2.05, 4.69) is 9.97 Å². The fraction of sp³-hybridized carbons (Fsp3) is 0.200. The average Bonchev–Trinajstić information content (AvgIpc) is 2.55. The molecule has 1 N–H and O–H groups in total. The van der Waals surface area contributed by atoms with Crippen molar-refractivity contribution in [2.75, 3.05) is 0 Å². The van der Waals surface area contributed by atoms with Crippen molar-refractivity contribution in [3.63, 3.8) is 0 Å². The fourth-order valence-corrected chi connectivity index (χ4v) is 1.53. The van der Waals surface area contributed by atoms with E-state index in [-0.39, 0.29) is 0 Å². The van der Waals surface area contributed by atoms with E-state index in [4.69, 9.17) is 0 Å². The van der Waals surface area contributed by atoms with Crippen LogP contribution in [0, 0.1) is 0 Å². The van der Waals surface area contributed by atoms with Gasteiger partial charge in [0.15, 0.2) is 6.29 Å². The summed E-state index contributed by atoms with van der Waals surface area (Å²) >= 11 is 0. The standard InChI is InChI=1S/C10H10N2O/c1-2-9-8(6-13)7-3-4-11-5-10(7)12-9/h3-6,12H,2H2,1H3. The van der Waals surface area contributed by atoms with Crippen molar-refractivity contribution >= 4 is 17.2 Å². The maximum absolute atomic E-state index is 10.8. The van der Waals surface area contributed by atoms with Crippen molar-refractivity contribution in [2.45, 2.75) is 13.3 Å². The molecule has 0 saturated heterocycles. The number of pyridine rings is 1. The first-order chi connectivity index (χ1) is 6.36. The molecule has 0 radical (unpaired) electrons. The predicted octanol–water partition coefficient (Wildman–Crippen LogP) is 1.94. The van der Waals surface area contributed by atoms with Crippen LogP contribution in [0.4, 0.5) is 0 Å². The Morgan fingerprint density at radius 2 is 2.46 bits per heavy atom. The molecule has 0 bridgehead atoms. The zero-order valence-corrected chi connectivity index (χ0v) is 7.37. The van der Waals surface area contributed by atoms with Crippen molar-refractivity contribution < 1.29 is 4.79 Å². The molecule has 2 aromatic rings. The Morgan fingerprint density at radius 1 is 1.62 bits per heavy atom. The van der Waals surface area contributed by atoms with Crippen molar-refractivity contribution in [1.29, 1.82) is 0 Å². The third kappa shape index (κ3) is 1.13. The summed E-state index contributed by atoms with van der Waals surface area (Å²) < 4.78 is 0. The molecule has 0 aliphatic carbocycles. The molecule has 2 rings (SSSR count). The van der Waals surface area contributed by atoms with Gasteiger partial charge in [0.1, 0.15) is 0 Å². The maximum Gasteiger partial charge on any atom is 0.152 e. The average molecular weight is 174 g/mol. The number of rotatable bonds is 2. The molecule has 0 aromatic carbocycles. The predicted molar refractivity (Wildman–Crippen MR) is 50.9 cm³/mol. The van der Waals surface area contributed by atoms with Gasteiger partial charge in [-0.05, 0) is 12.5 Å². The van der Waals surface area contributed by atoms with Gasteiger partial charge in [-0.15, -0.1) is 0 Å². The second-order valence-corrected chi connectivity index (χ2v) is 2.91. The number of aromatic amines is 1. The summed E-state index contributed by atoms with van der Waals surface area (Å²) in [7, 11) is 0. The van der Waals surface area contributed by atoms with E-state index >= 15 is 0 Å². The van der Waals surface area contributed by atoms with Crippen LogP contribution in [-0.2, 0) is 6.42 Å². The largest absolute Gasteiger partial charge is 0.357 e. The first kappa shape index (κ1) is 7.98. The van der Waals surface area contributed by atoms with Gasteiger partial charge >= 0.3 is 0 Å². The number of aryl methyl sites for hydroxylation is 1. The number of carbonyl (C=O) groups is 1. The second kappa shape index (κ2) is 3.01. The van der Waals surface area contributed by atoms with Crippen LogP contribution in [0.3, 0.4) is 0 Å². The van der Waals surface area contributed by atoms with Gasteiger partial charge in [-0.3, -0.25) is 9.78 Å². The molecule has 2 aromatic heterocycles. The van der Waals surface area contributed by atoms with Crippen molar-refractivity contribution in [2.24, 2.45) is 0 Å². The first-order valence-electron chi connectivity index (χ1n) is 4.26. The minimum atomic E-state index is 0.764. The molecule has 66 valence electrons. The number of aromatic nitrogens is 2. The molecule has 0 aliphatic rings. The lowest BCUT2D eigenvalue weighted by molar-refractivity contribution is 0.112. The molecule has 0 aliphatic heterocycles. The van der Waals surface area contributed by atoms with Gasteiger partial charge in [0.2, 0.25) is 0 Å². The van der Waals surface area contributed by atoms with Crippen molar-refractivity contribution in [3.8, 4) is 0 Å². The number of hydrogen-bond acceptors (Lipinski definition) is 2. The summed E-state index contributed by atoms with van der Waals surface area (Å²) in [6, 6.07) is 1.86. The number of aldehydes is 1. The summed E-state index contributed by atoms with van der Waals surface area (Å²) in [4.78, 5) is 18.0. The molecule has 2 heterocycles. The third-order valence-corrected chi connectivity index (χ3v) is 2.19. The SMILES string of the molecule is CCc1[nH]c2cnccc2c1C=O. The van der Waals surface area contributed by atoms with Gasteiger partial charge in [-0.1, -0.05) is 6.92 Å². The van der Waals surface area contributed by atoms with Gasteiger partial charge in [0, 0.05) is 22.8 Å². The summed E-state index contributed by atoms with van der Waals surface area (Å²) in [6.07, 6.45) is 5.17. The molecule has 0 amide bonds. The fourth-order valence-electron chi connectivity index (χ4n) is 1.53. The number of nitrogens with one attached hydrogen (secondary N) is 1. The quantitative estimate of drug-likeness (QED) is 0.707. The summed E-state index contributed by atoms with van der Waals surface area (Å²) in [5, 5.41) is 0.960. The lowest BCUT2D eigenvalue weighted by Gasteiger charge is -1.90. The topological polar surface area (TPSA) is 45.8 Å². The van der Waals surface area contributed by atoms with Crippen LogP contribution in [0.5, 0.6) is 0 Å². The molecule has 3 nitrogen and oxygen atoms in total. The van der Waals surface area contributed by atoms with Crippen molar-refractivity contribution in [1.82, 2.24) is 9.97 Å². The monoisotopic (exact) mass is 174 g/mol. The number of H-pyrrole nitrogens is 1. The highest BCUT2D eigenvalue weighted by Crippen LogP contribution is 2.19. The maximum atomic E-state index is 10.8. The molecule has 0 atom stereocenters. The van der Waals surface area contributed by atoms with E-state index in [9.17, 15) is 4.79 Å². The Kier molecular flexibility index (Phi) is 1.85. The van der Waals surface area contributed by atoms with Gasteiger partial charge in [-0.2, -0.15) is 0 Å². The molecule has 0 saturated carbocycles. The number of hydrogen-bond donors (Lipinski definition) is 1. The Labute approximate surface area is 75.8 Å². The molecule has 3 heteroatoms. The minimum absolute atomic E-state index is 0.764. The summed E-state index contributed by atoms with van der Waals surface area (Å²) in [5.74, 6) is 0. The lowest BCUT2D eigenvalue weighted by Crippen LogP contribution is -1.85. The molecule has 13 heavy (non-hydrogen) atoms. The van der Waals surface area contributed by atoms with E-state index in [1.54, 1.807) is 12.4 Å². The van der Waals surface area contributed by atoms with Gasteiger partial charge in [0.05, 0.1) is 11.7 Å². The zero-order chi connectivity index (χ0) is 9.26. The number of fused-ring (bicyclic) bond motifs is 1. The van der Waals surface area contributed by atoms with Crippen LogP contribution in [-0.4, -0.2) is 16.3 Å². The van der Waals surface area contributed by atoms with E-state index in [0.717, 1.165) is 34.9 Å². The molecular weight excluding hydrogens is 164 g/mol. The summed E-state index contributed by atoms with van der Waals surface area (Å²) in [6.45, 7) is 2.02. The van der Waals surface area contributed by atoms with Crippen LogP contribution in [0.1, 0.15) is 23.0 Å². The highest BCUT2D eigenvalue weighted by Gasteiger charge is 2.07. The second-order valence-electron chi connectivity index (χ2n) is 2.91. The summed E-state index contributed by atoms with van der Waals surface area (Å²) in [5.41, 5.74) is 2.68. The molecule has 0 spiro atoms. The Hall–Kier alpha value is -1.64. The van der Waals surface area contributed by atoms with Crippen LogP contribution in [0.2, 0.25) is 0 Å². The first-order valence-corrected chi connectivity index (χ1v) is 4.26. The number of carbonyl (C=O) groups excluding carboxylic acids is 1. The smallest absolute Gasteiger partial charge is 0.152 e. The third-order valence-electron chi connectivity index (χ3n) is 2.19. The van der Waals surface area contributed by atoms with Gasteiger partial charge in [-0.25, -0.2) is 0 Å². The number of nitrogens with zero attached hydrogens (tertiary/aromatic N) is 1. The highest BCUT2D eigenvalue weighted by molar-refractivity contribution is 5.98. The Balaban J connectivity index is 2.81. The van der Waals surface area contributed by atoms with E-state index in [1.807, 2.05) is 13.0 Å². The zero-order valence-electron chi connectivity index (χ0n) is 7.37. The molecular formula is C10H10N2O. The minimum Gasteiger partial charge on any atom is -0.357 e. The van der Waals surface area contributed by atoms with E-state index < -0.39 is 0 Å². The van der Waals surface area contributed by atoms with Crippen LogP contribution in [0.25, 0.3) is 10.9 Å². The van der Waals surface area contributed by atoms with Crippen LogP contribution >= 0.6 is 0 Å².